The highest BCUT2D eigenvalue weighted by Gasteiger charge is 2.16. The number of hydrogen-bond acceptors (Lipinski definition) is 4. The number of nitrogen functional groups attached to an aromatic ring is 1. The van der Waals surface area contributed by atoms with Crippen LogP contribution in [0.1, 0.15) is 33.6 Å². The minimum absolute atomic E-state index is 0.681. The van der Waals surface area contributed by atoms with Crippen LogP contribution in [0.5, 0.6) is 0 Å². The van der Waals surface area contributed by atoms with Crippen molar-refractivity contribution >= 4 is 22.8 Å². The molecule has 0 fully saturated rings. The summed E-state index contributed by atoms with van der Waals surface area (Å²) in [7, 11) is 0. The lowest BCUT2D eigenvalue weighted by Gasteiger charge is -2.23. The highest BCUT2D eigenvalue weighted by atomic mass is 16.4. The molecular formula is C15H23N3O. The molecule has 0 bridgehead atoms. The predicted octanol–water partition coefficient (Wildman–Crippen LogP) is 3.67. The summed E-state index contributed by atoms with van der Waals surface area (Å²) >= 11 is 0. The third-order valence-electron chi connectivity index (χ3n) is 3.69. The zero-order valence-corrected chi connectivity index (χ0v) is 12.0. The third-order valence-corrected chi connectivity index (χ3v) is 3.69. The Bertz CT molecular complexity index is 531. The lowest BCUT2D eigenvalue weighted by molar-refractivity contribution is 0.463. The zero-order valence-electron chi connectivity index (χ0n) is 12.0. The summed E-state index contributed by atoms with van der Waals surface area (Å²) in [6.07, 6.45) is 2.36. The fraction of sp³-hybridized carbons (Fsp3) is 0.533. The molecule has 0 aliphatic heterocycles. The molecule has 0 amide bonds. The van der Waals surface area contributed by atoms with Gasteiger partial charge < -0.3 is 15.1 Å². The van der Waals surface area contributed by atoms with Gasteiger partial charge in [-0.3, -0.25) is 0 Å². The van der Waals surface area contributed by atoms with Crippen LogP contribution >= 0.6 is 0 Å². The van der Waals surface area contributed by atoms with Gasteiger partial charge in [0.05, 0.1) is 0 Å². The average molecular weight is 261 g/mol. The maximum Gasteiger partial charge on any atom is 0.298 e. The van der Waals surface area contributed by atoms with E-state index >= 15 is 0 Å². The quantitative estimate of drug-likeness (QED) is 0.806. The molecule has 0 saturated carbocycles. The van der Waals surface area contributed by atoms with Gasteiger partial charge in [0.15, 0.2) is 5.58 Å². The molecule has 2 aromatic rings. The van der Waals surface area contributed by atoms with Crippen molar-refractivity contribution in [3.05, 3.63) is 18.2 Å². The Morgan fingerprint density at radius 1 is 1.26 bits per heavy atom. The second kappa shape index (κ2) is 5.95. The first-order valence-electron chi connectivity index (χ1n) is 7.08. The molecule has 0 unspecified atom stereocenters. The second-order valence-corrected chi connectivity index (χ2v) is 4.94. The number of benzene rings is 1. The number of fused-ring (bicyclic) bond motifs is 1. The zero-order chi connectivity index (χ0) is 13.8. The number of hydrogen-bond donors (Lipinski definition) is 1. The third kappa shape index (κ3) is 3.00. The van der Waals surface area contributed by atoms with Gasteiger partial charge in [-0.15, -0.1) is 0 Å². The van der Waals surface area contributed by atoms with Gasteiger partial charge in [-0.25, -0.2) is 0 Å². The normalized spacial score (nSPS) is 11.4. The standard InChI is InChI=1S/C15H23N3O/c1-4-11(5-2)10-18(6-3)15-17-13-9-12(16)7-8-14(13)19-15/h7-9,11H,4-6,10,16H2,1-3H3. The highest BCUT2D eigenvalue weighted by molar-refractivity contribution is 5.78. The number of oxazole rings is 1. The molecule has 2 N–H and O–H groups in total. The van der Waals surface area contributed by atoms with Gasteiger partial charge in [0.1, 0.15) is 5.52 Å². The average Bonchev–Trinajstić information content (AvgIpc) is 2.83. The Balaban J connectivity index is 2.25. The van der Waals surface area contributed by atoms with Crippen molar-refractivity contribution in [2.24, 2.45) is 5.92 Å². The topological polar surface area (TPSA) is 55.3 Å². The lowest BCUT2D eigenvalue weighted by atomic mass is 10.0. The van der Waals surface area contributed by atoms with Crippen LogP contribution in [0.25, 0.3) is 11.1 Å². The first kappa shape index (κ1) is 13.7. The molecule has 2 rings (SSSR count). The monoisotopic (exact) mass is 261 g/mol. The van der Waals surface area contributed by atoms with Crippen LogP contribution in [-0.2, 0) is 0 Å². The summed E-state index contributed by atoms with van der Waals surface area (Å²) in [5.74, 6) is 0.681. The van der Waals surface area contributed by atoms with Crippen molar-refractivity contribution in [3.63, 3.8) is 0 Å². The molecule has 1 aromatic heterocycles. The van der Waals surface area contributed by atoms with Crippen LogP contribution in [0.3, 0.4) is 0 Å². The van der Waals surface area contributed by atoms with Crippen LogP contribution in [0.2, 0.25) is 0 Å². The van der Waals surface area contributed by atoms with E-state index in [9.17, 15) is 0 Å². The van der Waals surface area contributed by atoms with Gasteiger partial charge in [0.25, 0.3) is 6.01 Å². The van der Waals surface area contributed by atoms with E-state index in [0.29, 0.717) is 11.9 Å². The summed E-state index contributed by atoms with van der Waals surface area (Å²) in [6.45, 7) is 8.49. The summed E-state index contributed by atoms with van der Waals surface area (Å²) in [5, 5.41) is 0. The minimum Gasteiger partial charge on any atom is -0.423 e. The lowest BCUT2D eigenvalue weighted by Crippen LogP contribution is -2.29. The Kier molecular flexibility index (Phi) is 4.30. The molecule has 0 radical (unpaired) electrons. The Hall–Kier alpha value is -1.71. The maximum absolute atomic E-state index is 5.83. The fourth-order valence-electron chi connectivity index (χ4n) is 2.27. The number of rotatable bonds is 6. The van der Waals surface area contributed by atoms with Crippen LogP contribution in [0, 0.1) is 5.92 Å². The molecule has 0 saturated heterocycles. The largest absolute Gasteiger partial charge is 0.423 e. The van der Waals surface area contributed by atoms with Crippen molar-refractivity contribution in [2.45, 2.75) is 33.6 Å². The van der Waals surface area contributed by atoms with E-state index in [4.69, 9.17) is 10.2 Å². The van der Waals surface area contributed by atoms with Crippen molar-refractivity contribution in [1.82, 2.24) is 4.98 Å². The van der Waals surface area contributed by atoms with E-state index in [1.807, 2.05) is 18.2 Å². The molecule has 1 aromatic carbocycles. The fourth-order valence-corrected chi connectivity index (χ4v) is 2.27. The van der Waals surface area contributed by atoms with Crippen LogP contribution in [-0.4, -0.2) is 18.1 Å². The van der Waals surface area contributed by atoms with E-state index in [2.05, 4.69) is 30.7 Å². The molecule has 19 heavy (non-hydrogen) atoms. The van der Waals surface area contributed by atoms with Gasteiger partial charge in [0.2, 0.25) is 0 Å². The molecule has 0 spiro atoms. The molecular weight excluding hydrogens is 238 g/mol. The molecule has 4 nitrogen and oxygen atoms in total. The summed E-state index contributed by atoms with van der Waals surface area (Å²) < 4.78 is 5.83. The van der Waals surface area contributed by atoms with Gasteiger partial charge >= 0.3 is 0 Å². The van der Waals surface area contributed by atoms with E-state index in [-0.39, 0.29) is 0 Å². The first-order chi connectivity index (χ1) is 9.17. The first-order valence-corrected chi connectivity index (χ1v) is 7.08. The second-order valence-electron chi connectivity index (χ2n) is 4.94. The molecule has 0 aliphatic rings. The van der Waals surface area contributed by atoms with Gasteiger partial charge in [0, 0.05) is 18.8 Å². The molecule has 1 heterocycles. The maximum atomic E-state index is 5.83. The van der Waals surface area contributed by atoms with E-state index in [1.54, 1.807) is 0 Å². The number of anilines is 2. The van der Waals surface area contributed by atoms with E-state index < -0.39 is 0 Å². The van der Waals surface area contributed by atoms with Gasteiger partial charge in [-0.05, 0) is 31.0 Å². The Morgan fingerprint density at radius 3 is 2.63 bits per heavy atom. The van der Waals surface area contributed by atoms with Crippen molar-refractivity contribution in [2.75, 3.05) is 23.7 Å². The number of nitrogens with zero attached hydrogens (tertiary/aromatic N) is 2. The van der Waals surface area contributed by atoms with Crippen LogP contribution in [0.4, 0.5) is 11.7 Å². The van der Waals surface area contributed by atoms with Gasteiger partial charge in [-0.1, -0.05) is 26.7 Å². The van der Waals surface area contributed by atoms with E-state index in [1.165, 1.54) is 12.8 Å². The number of nitrogens with two attached hydrogens (primary N) is 1. The number of aromatic nitrogens is 1. The predicted molar refractivity (Wildman–Crippen MR) is 80.4 cm³/mol. The smallest absolute Gasteiger partial charge is 0.298 e. The van der Waals surface area contributed by atoms with Crippen molar-refractivity contribution < 1.29 is 4.42 Å². The summed E-state index contributed by atoms with van der Waals surface area (Å²) in [4.78, 5) is 6.75. The van der Waals surface area contributed by atoms with E-state index in [0.717, 1.165) is 29.9 Å². The van der Waals surface area contributed by atoms with Crippen molar-refractivity contribution in [3.8, 4) is 0 Å². The minimum atomic E-state index is 0.681. The summed E-state index contributed by atoms with van der Waals surface area (Å²) in [6, 6.07) is 6.28. The Morgan fingerprint density at radius 2 is 2.00 bits per heavy atom. The van der Waals surface area contributed by atoms with Gasteiger partial charge in [-0.2, -0.15) is 4.98 Å². The highest BCUT2D eigenvalue weighted by Crippen LogP contribution is 2.24. The van der Waals surface area contributed by atoms with Crippen LogP contribution in [0.15, 0.2) is 22.6 Å². The molecule has 0 aliphatic carbocycles. The molecule has 104 valence electrons. The molecule has 0 atom stereocenters. The SMILES string of the molecule is CCC(CC)CN(CC)c1nc2cc(N)ccc2o1. The summed E-state index contributed by atoms with van der Waals surface area (Å²) in [5.41, 5.74) is 8.12. The molecule has 4 heteroatoms. The van der Waals surface area contributed by atoms with Crippen molar-refractivity contribution in [1.29, 1.82) is 0 Å². The van der Waals surface area contributed by atoms with Crippen LogP contribution < -0.4 is 10.6 Å². The Labute approximate surface area is 114 Å².